The van der Waals surface area contributed by atoms with Crippen LogP contribution in [-0.2, 0) is 4.79 Å². The van der Waals surface area contributed by atoms with Crippen LogP contribution in [0.25, 0.3) is 0 Å². The van der Waals surface area contributed by atoms with Gasteiger partial charge < -0.3 is 9.84 Å². The molecule has 1 aromatic rings. The molecule has 0 aliphatic heterocycles. The first-order valence-electron chi connectivity index (χ1n) is 6.15. The molecule has 0 spiro atoms. The van der Waals surface area contributed by atoms with Gasteiger partial charge in [0.15, 0.2) is 11.5 Å². The molecular formula is C14H18O3. The molecule has 0 aromatic heterocycles. The molecule has 1 N–H and O–H groups in total. The monoisotopic (exact) mass is 234 g/mol. The maximum absolute atomic E-state index is 11.6. The lowest BCUT2D eigenvalue weighted by Crippen LogP contribution is -1.99. The summed E-state index contributed by atoms with van der Waals surface area (Å²) in [6.07, 6.45) is 1.54. The summed E-state index contributed by atoms with van der Waals surface area (Å²) in [5.74, 6) is 1.51. The SMILES string of the molecule is CCOc1cc(C2CC2C(=O)CC)ccc1O. The third kappa shape index (κ3) is 2.43. The van der Waals surface area contributed by atoms with Gasteiger partial charge in [-0.2, -0.15) is 0 Å². The summed E-state index contributed by atoms with van der Waals surface area (Å²) in [5.41, 5.74) is 1.10. The number of aromatic hydroxyl groups is 1. The fraction of sp³-hybridized carbons (Fsp3) is 0.500. The molecule has 1 aliphatic carbocycles. The fourth-order valence-corrected chi connectivity index (χ4v) is 2.21. The first kappa shape index (κ1) is 12.0. The summed E-state index contributed by atoms with van der Waals surface area (Å²) in [6.45, 7) is 4.31. The normalized spacial score (nSPS) is 22.2. The van der Waals surface area contributed by atoms with Crippen molar-refractivity contribution in [3.8, 4) is 11.5 Å². The number of carbonyl (C=O) groups is 1. The van der Waals surface area contributed by atoms with Crippen LogP contribution in [0.5, 0.6) is 11.5 Å². The standard InChI is InChI=1S/C14H18O3/c1-3-12(15)11-8-10(11)9-5-6-13(16)14(7-9)17-4-2/h5-7,10-11,16H,3-4,8H2,1-2H3. The highest BCUT2D eigenvalue weighted by molar-refractivity contribution is 5.84. The molecule has 2 atom stereocenters. The molecule has 92 valence electrons. The number of hydrogen-bond acceptors (Lipinski definition) is 3. The highest BCUT2D eigenvalue weighted by atomic mass is 16.5. The molecule has 17 heavy (non-hydrogen) atoms. The van der Waals surface area contributed by atoms with Gasteiger partial charge in [0.25, 0.3) is 0 Å². The predicted octanol–water partition coefficient (Wildman–Crippen LogP) is 2.87. The third-order valence-corrected chi connectivity index (χ3v) is 3.26. The minimum atomic E-state index is 0.162. The molecule has 0 radical (unpaired) electrons. The van der Waals surface area contributed by atoms with Crippen LogP contribution in [0.15, 0.2) is 18.2 Å². The van der Waals surface area contributed by atoms with Gasteiger partial charge in [-0.05, 0) is 37.0 Å². The number of ether oxygens (including phenoxy) is 1. The summed E-state index contributed by atoms with van der Waals surface area (Å²) in [7, 11) is 0. The van der Waals surface area contributed by atoms with Crippen LogP contribution in [-0.4, -0.2) is 17.5 Å². The number of phenols is 1. The molecule has 1 saturated carbocycles. The average Bonchev–Trinajstić information content (AvgIpc) is 3.11. The Morgan fingerprint density at radius 3 is 2.88 bits per heavy atom. The second-order valence-corrected chi connectivity index (χ2v) is 4.43. The fourth-order valence-electron chi connectivity index (χ4n) is 2.21. The molecule has 3 heteroatoms. The van der Waals surface area contributed by atoms with Gasteiger partial charge in [-0.3, -0.25) is 4.79 Å². The Morgan fingerprint density at radius 1 is 1.47 bits per heavy atom. The van der Waals surface area contributed by atoms with Gasteiger partial charge in [0.2, 0.25) is 0 Å². The van der Waals surface area contributed by atoms with Crippen LogP contribution in [0.2, 0.25) is 0 Å². The average molecular weight is 234 g/mol. The van der Waals surface area contributed by atoms with Crippen molar-refractivity contribution in [1.29, 1.82) is 0 Å². The first-order chi connectivity index (χ1) is 8.17. The van der Waals surface area contributed by atoms with E-state index in [2.05, 4.69) is 0 Å². The Balaban J connectivity index is 2.13. The first-order valence-corrected chi connectivity index (χ1v) is 6.15. The molecule has 0 amide bonds. The maximum Gasteiger partial charge on any atom is 0.161 e. The molecule has 1 fully saturated rings. The second kappa shape index (κ2) is 4.78. The number of carbonyl (C=O) groups excluding carboxylic acids is 1. The Labute approximate surface area is 101 Å². The van der Waals surface area contributed by atoms with Gasteiger partial charge in [0, 0.05) is 12.3 Å². The Hall–Kier alpha value is -1.51. The van der Waals surface area contributed by atoms with E-state index in [0.717, 1.165) is 12.0 Å². The van der Waals surface area contributed by atoms with Crippen LogP contribution in [0.3, 0.4) is 0 Å². The lowest BCUT2D eigenvalue weighted by Gasteiger charge is -2.08. The summed E-state index contributed by atoms with van der Waals surface area (Å²) < 4.78 is 5.34. The molecule has 2 unspecified atom stereocenters. The zero-order valence-electron chi connectivity index (χ0n) is 10.3. The van der Waals surface area contributed by atoms with Gasteiger partial charge in [-0.25, -0.2) is 0 Å². The highest BCUT2D eigenvalue weighted by Crippen LogP contribution is 2.49. The molecule has 1 aliphatic rings. The molecule has 0 saturated heterocycles. The minimum Gasteiger partial charge on any atom is -0.504 e. The van der Waals surface area contributed by atoms with Crippen molar-refractivity contribution >= 4 is 5.78 Å². The topological polar surface area (TPSA) is 46.5 Å². The van der Waals surface area contributed by atoms with Gasteiger partial charge >= 0.3 is 0 Å². The van der Waals surface area contributed by atoms with E-state index in [1.165, 1.54) is 0 Å². The van der Waals surface area contributed by atoms with Crippen molar-refractivity contribution < 1.29 is 14.6 Å². The van der Waals surface area contributed by atoms with E-state index in [1.54, 1.807) is 6.07 Å². The Morgan fingerprint density at radius 2 is 2.24 bits per heavy atom. The van der Waals surface area contributed by atoms with E-state index in [-0.39, 0.29) is 11.7 Å². The minimum absolute atomic E-state index is 0.162. The third-order valence-electron chi connectivity index (χ3n) is 3.26. The Bertz CT molecular complexity index is 425. The smallest absolute Gasteiger partial charge is 0.161 e. The van der Waals surface area contributed by atoms with Crippen molar-refractivity contribution in [2.45, 2.75) is 32.6 Å². The molecule has 0 heterocycles. The molecule has 3 nitrogen and oxygen atoms in total. The van der Waals surface area contributed by atoms with E-state index >= 15 is 0 Å². The van der Waals surface area contributed by atoms with Crippen LogP contribution < -0.4 is 4.74 Å². The predicted molar refractivity (Wildman–Crippen MR) is 65.4 cm³/mol. The number of benzene rings is 1. The number of phenolic OH excluding ortho intramolecular Hbond substituents is 1. The summed E-state index contributed by atoms with van der Waals surface area (Å²) >= 11 is 0. The summed E-state index contributed by atoms with van der Waals surface area (Å²) in [6, 6.07) is 5.38. The highest BCUT2D eigenvalue weighted by Gasteiger charge is 2.42. The van der Waals surface area contributed by atoms with E-state index in [9.17, 15) is 9.90 Å². The lowest BCUT2D eigenvalue weighted by molar-refractivity contribution is -0.120. The van der Waals surface area contributed by atoms with Gasteiger partial charge in [0.1, 0.15) is 5.78 Å². The second-order valence-electron chi connectivity index (χ2n) is 4.43. The summed E-state index contributed by atoms with van der Waals surface area (Å²) in [4.78, 5) is 11.6. The molecular weight excluding hydrogens is 216 g/mol. The van der Waals surface area contributed by atoms with Crippen LogP contribution in [0.1, 0.15) is 38.2 Å². The zero-order valence-corrected chi connectivity index (χ0v) is 10.3. The number of Topliss-reactive ketones (excluding diaryl/α,β-unsaturated/α-hetero) is 1. The van der Waals surface area contributed by atoms with E-state index in [4.69, 9.17) is 4.74 Å². The van der Waals surface area contributed by atoms with E-state index in [1.807, 2.05) is 26.0 Å². The van der Waals surface area contributed by atoms with Gasteiger partial charge in [-0.1, -0.05) is 13.0 Å². The lowest BCUT2D eigenvalue weighted by atomic mass is 10.1. The van der Waals surface area contributed by atoms with Gasteiger partial charge in [0.05, 0.1) is 6.61 Å². The largest absolute Gasteiger partial charge is 0.504 e. The Kier molecular flexibility index (Phi) is 3.36. The van der Waals surface area contributed by atoms with Crippen LogP contribution in [0, 0.1) is 5.92 Å². The maximum atomic E-state index is 11.6. The van der Waals surface area contributed by atoms with Gasteiger partial charge in [-0.15, -0.1) is 0 Å². The summed E-state index contributed by atoms with van der Waals surface area (Å²) in [5, 5.41) is 9.60. The van der Waals surface area contributed by atoms with Crippen molar-refractivity contribution in [1.82, 2.24) is 0 Å². The van der Waals surface area contributed by atoms with Crippen molar-refractivity contribution in [2.24, 2.45) is 5.92 Å². The number of hydrogen-bond donors (Lipinski definition) is 1. The zero-order chi connectivity index (χ0) is 12.4. The van der Waals surface area contributed by atoms with Crippen molar-refractivity contribution in [3.63, 3.8) is 0 Å². The molecule has 2 rings (SSSR count). The van der Waals surface area contributed by atoms with Crippen molar-refractivity contribution in [2.75, 3.05) is 6.61 Å². The molecule has 1 aromatic carbocycles. The van der Waals surface area contributed by atoms with Crippen LogP contribution >= 0.6 is 0 Å². The number of rotatable bonds is 5. The van der Waals surface area contributed by atoms with Crippen LogP contribution in [0.4, 0.5) is 0 Å². The quantitative estimate of drug-likeness (QED) is 0.852. The van der Waals surface area contributed by atoms with E-state index < -0.39 is 0 Å². The van der Waals surface area contributed by atoms with Crippen molar-refractivity contribution in [3.05, 3.63) is 23.8 Å². The molecule has 0 bridgehead atoms. The van der Waals surface area contributed by atoms with E-state index in [0.29, 0.717) is 30.5 Å². The number of ketones is 1.